The average molecular weight is 255 g/mol. The van der Waals surface area contributed by atoms with E-state index in [4.69, 9.17) is 11.6 Å². The minimum Gasteiger partial charge on any atom is -0.334 e. The number of halogens is 1. The second kappa shape index (κ2) is 4.80. The minimum absolute atomic E-state index is 0.0708. The van der Waals surface area contributed by atoms with Gasteiger partial charge in [0.15, 0.2) is 9.84 Å². The van der Waals surface area contributed by atoms with Crippen LogP contribution >= 0.6 is 11.6 Å². The van der Waals surface area contributed by atoms with Crippen LogP contribution < -0.4 is 10.6 Å². The van der Waals surface area contributed by atoms with Crippen LogP contribution in [-0.2, 0) is 14.6 Å². The van der Waals surface area contributed by atoms with E-state index < -0.39 is 27.8 Å². The highest BCUT2D eigenvalue weighted by Gasteiger charge is 2.29. The van der Waals surface area contributed by atoms with Gasteiger partial charge in [-0.05, 0) is 6.42 Å². The van der Waals surface area contributed by atoms with Crippen LogP contribution in [0.4, 0.5) is 4.79 Å². The summed E-state index contributed by atoms with van der Waals surface area (Å²) in [6.07, 6.45) is 0.380. The molecule has 6 nitrogen and oxygen atoms in total. The Morgan fingerprint density at radius 1 is 1.40 bits per heavy atom. The first-order valence-electron chi connectivity index (χ1n) is 4.29. The van der Waals surface area contributed by atoms with E-state index in [1.807, 2.05) is 5.32 Å². The number of hydrogen-bond acceptors (Lipinski definition) is 4. The molecule has 1 heterocycles. The van der Waals surface area contributed by atoms with Gasteiger partial charge in [-0.25, -0.2) is 13.2 Å². The molecule has 1 fully saturated rings. The van der Waals surface area contributed by atoms with Crippen molar-refractivity contribution in [2.75, 3.05) is 17.4 Å². The standard InChI is InChI=1S/C7H11ClN2O4S/c8-3-6(11)10-7(12)9-5-1-2-15(13,14)4-5/h5H,1-4H2,(H2,9,10,11,12)/t5-/m1/s1. The monoisotopic (exact) mass is 254 g/mol. The Balaban J connectivity index is 2.37. The summed E-state index contributed by atoms with van der Waals surface area (Å²) in [5.41, 5.74) is 0. The molecule has 0 saturated carbocycles. The molecule has 0 radical (unpaired) electrons. The predicted molar refractivity (Wildman–Crippen MR) is 54.5 cm³/mol. The van der Waals surface area contributed by atoms with Crippen LogP contribution in [0.5, 0.6) is 0 Å². The lowest BCUT2D eigenvalue weighted by molar-refractivity contribution is -0.117. The quantitative estimate of drug-likeness (QED) is 0.634. The van der Waals surface area contributed by atoms with Gasteiger partial charge in [-0.1, -0.05) is 0 Å². The number of hydrogen-bond donors (Lipinski definition) is 2. The lowest BCUT2D eigenvalue weighted by atomic mass is 10.3. The maximum Gasteiger partial charge on any atom is 0.321 e. The van der Waals surface area contributed by atoms with Crippen molar-refractivity contribution in [3.8, 4) is 0 Å². The molecule has 8 heteroatoms. The fraction of sp³-hybridized carbons (Fsp3) is 0.714. The number of rotatable bonds is 2. The van der Waals surface area contributed by atoms with Gasteiger partial charge >= 0.3 is 6.03 Å². The van der Waals surface area contributed by atoms with E-state index in [1.165, 1.54) is 0 Å². The van der Waals surface area contributed by atoms with Gasteiger partial charge < -0.3 is 5.32 Å². The summed E-state index contributed by atoms with van der Waals surface area (Å²) < 4.78 is 22.1. The molecule has 1 rings (SSSR count). The SMILES string of the molecule is O=C(CCl)NC(=O)N[C@@H]1CCS(=O)(=O)C1. The van der Waals surface area contributed by atoms with Gasteiger partial charge in [0.1, 0.15) is 5.88 Å². The maximum absolute atomic E-state index is 11.1. The zero-order valence-corrected chi connectivity index (χ0v) is 9.40. The maximum atomic E-state index is 11.1. The molecule has 0 spiro atoms. The molecule has 0 aliphatic carbocycles. The topological polar surface area (TPSA) is 92.3 Å². The van der Waals surface area contributed by atoms with Gasteiger partial charge in [0, 0.05) is 6.04 Å². The van der Waals surface area contributed by atoms with E-state index in [9.17, 15) is 18.0 Å². The van der Waals surface area contributed by atoms with Gasteiger partial charge in [0.05, 0.1) is 11.5 Å². The predicted octanol–water partition coefficient (Wildman–Crippen LogP) is -0.762. The third-order valence-electron chi connectivity index (χ3n) is 1.94. The number of imide groups is 1. The van der Waals surface area contributed by atoms with Crippen molar-refractivity contribution in [1.82, 2.24) is 10.6 Å². The number of carbonyl (C=O) groups is 2. The summed E-state index contributed by atoms with van der Waals surface area (Å²) in [4.78, 5) is 21.8. The first-order chi connectivity index (χ1) is 6.93. The number of carbonyl (C=O) groups excluding carboxylic acids is 2. The Morgan fingerprint density at radius 2 is 2.07 bits per heavy atom. The first-order valence-corrected chi connectivity index (χ1v) is 6.65. The van der Waals surface area contributed by atoms with Crippen LogP contribution in [0.2, 0.25) is 0 Å². The second-order valence-electron chi connectivity index (χ2n) is 3.26. The van der Waals surface area contributed by atoms with Gasteiger partial charge in [-0.15, -0.1) is 11.6 Å². The number of nitrogens with one attached hydrogen (secondary N) is 2. The Morgan fingerprint density at radius 3 is 2.53 bits per heavy atom. The largest absolute Gasteiger partial charge is 0.334 e. The summed E-state index contributed by atoms with van der Waals surface area (Å²) in [6, 6.07) is -1.12. The van der Waals surface area contributed by atoms with Crippen molar-refractivity contribution in [2.24, 2.45) is 0 Å². The third kappa shape index (κ3) is 4.05. The van der Waals surface area contributed by atoms with Crippen molar-refractivity contribution in [3.05, 3.63) is 0 Å². The summed E-state index contributed by atoms with van der Waals surface area (Å²) >= 11 is 5.17. The van der Waals surface area contributed by atoms with E-state index in [0.29, 0.717) is 6.42 Å². The van der Waals surface area contributed by atoms with E-state index in [-0.39, 0.29) is 17.4 Å². The zero-order valence-electron chi connectivity index (χ0n) is 7.82. The summed E-state index contributed by atoms with van der Waals surface area (Å²) in [5, 5.41) is 4.36. The van der Waals surface area contributed by atoms with Crippen molar-refractivity contribution >= 4 is 33.4 Å². The molecule has 0 aromatic heterocycles. The van der Waals surface area contributed by atoms with Crippen molar-refractivity contribution in [3.63, 3.8) is 0 Å². The zero-order chi connectivity index (χ0) is 11.5. The fourth-order valence-corrected chi connectivity index (χ4v) is 3.03. The van der Waals surface area contributed by atoms with Gasteiger partial charge in [0.25, 0.3) is 0 Å². The van der Waals surface area contributed by atoms with E-state index in [1.54, 1.807) is 0 Å². The van der Waals surface area contributed by atoms with Crippen LogP contribution in [0.15, 0.2) is 0 Å². The van der Waals surface area contributed by atoms with Crippen LogP contribution in [-0.4, -0.2) is 43.8 Å². The third-order valence-corrected chi connectivity index (χ3v) is 3.95. The van der Waals surface area contributed by atoms with E-state index in [0.717, 1.165) is 0 Å². The average Bonchev–Trinajstić information content (AvgIpc) is 2.44. The molecule has 1 aliphatic heterocycles. The van der Waals surface area contributed by atoms with Crippen LogP contribution in [0, 0.1) is 0 Å². The summed E-state index contributed by atoms with van der Waals surface area (Å²) in [5.74, 6) is -0.928. The van der Waals surface area contributed by atoms with Gasteiger partial charge in [0.2, 0.25) is 5.91 Å². The molecular formula is C7H11ClN2O4S. The highest BCUT2D eigenvalue weighted by molar-refractivity contribution is 7.91. The fourth-order valence-electron chi connectivity index (χ4n) is 1.29. The van der Waals surface area contributed by atoms with Crippen LogP contribution in [0.25, 0.3) is 0 Å². The molecule has 3 amide bonds. The Labute approximate surface area is 92.3 Å². The molecule has 0 aromatic rings. The molecule has 2 N–H and O–H groups in total. The van der Waals surface area contributed by atoms with Gasteiger partial charge in [-0.3, -0.25) is 10.1 Å². The van der Waals surface area contributed by atoms with E-state index >= 15 is 0 Å². The molecule has 1 atom stereocenters. The Kier molecular flexibility index (Phi) is 3.92. The molecule has 0 aromatic carbocycles. The van der Waals surface area contributed by atoms with E-state index in [2.05, 4.69) is 5.32 Å². The second-order valence-corrected chi connectivity index (χ2v) is 5.75. The van der Waals surface area contributed by atoms with Gasteiger partial charge in [-0.2, -0.15) is 0 Å². The van der Waals surface area contributed by atoms with Crippen molar-refractivity contribution < 1.29 is 18.0 Å². The number of amides is 3. The normalized spacial score (nSPS) is 23.4. The number of urea groups is 1. The lowest BCUT2D eigenvalue weighted by Gasteiger charge is -2.10. The first kappa shape index (κ1) is 12.3. The highest BCUT2D eigenvalue weighted by atomic mass is 35.5. The molecule has 86 valence electrons. The van der Waals surface area contributed by atoms with Crippen LogP contribution in [0.1, 0.15) is 6.42 Å². The Bertz CT molecular complexity index is 367. The molecule has 15 heavy (non-hydrogen) atoms. The molecule has 0 unspecified atom stereocenters. The van der Waals surface area contributed by atoms with Crippen molar-refractivity contribution in [2.45, 2.75) is 12.5 Å². The number of sulfone groups is 1. The van der Waals surface area contributed by atoms with Crippen LogP contribution in [0.3, 0.4) is 0 Å². The molecule has 0 bridgehead atoms. The summed E-state index contributed by atoms with van der Waals surface area (Å²) in [7, 11) is -3.03. The van der Waals surface area contributed by atoms with Crippen molar-refractivity contribution in [1.29, 1.82) is 0 Å². The molecular weight excluding hydrogens is 244 g/mol. The highest BCUT2D eigenvalue weighted by Crippen LogP contribution is 2.10. The molecule has 1 aliphatic rings. The molecule has 1 saturated heterocycles. The lowest BCUT2D eigenvalue weighted by Crippen LogP contribution is -2.45. The number of alkyl halides is 1. The minimum atomic E-state index is -3.03. The smallest absolute Gasteiger partial charge is 0.321 e. The summed E-state index contributed by atoms with van der Waals surface area (Å²) in [6.45, 7) is 0. The Hall–Kier alpha value is -0.820.